The Balaban J connectivity index is 1.83. The normalized spacial score (nSPS) is 11.7. The maximum atomic E-state index is 13.0. The van der Waals surface area contributed by atoms with Gasteiger partial charge in [0.05, 0.1) is 16.5 Å². The number of ketones is 1. The summed E-state index contributed by atoms with van der Waals surface area (Å²) in [5.74, 6) is -0.0461. The molecule has 0 spiro atoms. The van der Waals surface area contributed by atoms with Crippen LogP contribution in [-0.4, -0.2) is 15.3 Å². The lowest BCUT2D eigenvalue weighted by atomic mass is 9.97. The van der Waals surface area contributed by atoms with E-state index in [0.29, 0.717) is 11.1 Å². The van der Waals surface area contributed by atoms with Crippen molar-refractivity contribution in [2.75, 3.05) is 0 Å². The molecule has 0 saturated heterocycles. The number of para-hydroxylation sites is 1. The van der Waals surface area contributed by atoms with Crippen LogP contribution in [0.3, 0.4) is 0 Å². The Morgan fingerprint density at radius 3 is 2.33 bits per heavy atom. The number of nitro groups is 1. The largest absolute Gasteiger partial charge is 0.338 e. The van der Waals surface area contributed by atoms with Crippen molar-refractivity contribution in [3.05, 3.63) is 112 Å². The number of nitriles is 1. The van der Waals surface area contributed by atoms with Crippen LogP contribution in [0.25, 0.3) is 10.9 Å². The van der Waals surface area contributed by atoms with Crippen molar-refractivity contribution in [2.24, 2.45) is 0 Å². The number of carbonyl (C=O) groups is 1. The van der Waals surface area contributed by atoms with Gasteiger partial charge in [-0.05, 0) is 11.6 Å². The zero-order valence-corrected chi connectivity index (χ0v) is 15.9. The molecule has 1 heterocycles. The first kappa shape index (κ1) is 19.1. The first-order valence-corrected chi connectivity index (χ1v) is 9.41. The van der Waals surface area contributed by atoms with E-state index in [1.807, 2.05) is 47.0 Å². The molecule has 0 aliphatic heterocycles. The van der Waals surface area contributed by atoms with E-state index in [0.717, 1.165) is 16.5 Å². The molecular formula is C24H17N3O3. The molecule has 0 amide bonds. The Kier molecular flexibility index (Phi) is 5.10. The Labute approximate surface area is 172 Å². The van der Waals surface area contributed by atoms with Gasteiger partial charge in [-0.1, -0.05) is 60.7 Å². The van der Waals surface area contributed by atoms with E-state index in [-0.39, 0.29) is 17.9 Å². The van der Waals surface area contributed by atoms with E-state index in [4.69, 9.17) is 0 Å². The Morgan fingerprint density at radius 1 is 1.00 bits per heavy atom. The molecule has 4 rings (SSSR count). The SMILES string of the molecule is N#Cc1cn(C(CC(=O)c2ccccc2)c2ccc([N+](=O)[O-])cc2)c2ccccc12. The quantitative estimate of drug-likeness (QED) is 0.252. The van der Waals surface area contributed by atoms with Gasteiger partial charge in [-0.15, -0.1) is 0 Å². The first-order chi connectivity index (χ1) is 14.6. The molecule has 146 valence electrons. The van der Waals surface area contributed by atoms with E-state index in [1.54, 1.807) is 30.5 Å². The van der Waals surface area contributed by atoms with Crippen molar-refractivity contribution >= 4 is 22.4 Å². The molecule has 6 nitrogen and oxygen atoms in total. The van der Waals surface area contributed by atoms with Gasteiger partial charge >= 0.3 is 0 Å². The van der Waals surface area contributed by atoms with Gasteiger partial charge in [-0.3, -0.25) is 14.9 Å². The van der Waals surface area contributed by atoms with E-state index < -0.39 is 11.0 Å². The molecule has 0 fully saturated rings. The lowest BCUT2D eigenvalue weighted by Crippen LogP contribution is -2.15. The summed E-state index contributed by atoms with van der Waals surface area (Å²) < 4.78 is 1.91. The highest BCUT2D eigenvalue weighted by Gasteiger charge is 2.22. The van der Waals surface area contributed by atoms with Gasteiger partial charge in [-0.2, -0.15) is 5.26 Å². The number of nitro benzene ring substituents is 1. The van der Waals surface area contributed by atoms with Gasteiger partial charge < -0.3 is 4.57 Å². The third-order valence-corrected chi connectivity index (χ3v) is 5.16. The van der Waals surface area contributed by atoms with Crippen molar-refractivity contribution in [2.45, 2.75) is 12.5 Å². The van der Waals surface area contributed by atoms with Crippen molar-refractivity contribution in [3.63, 3.8) is 0 Å². The van der Waals surface area contributed by atoms with E-state index in [2.05, 4.69) is 6.07 Å². The second-order valence-corrected chi connectivity index (χ2v) is 6.94. The van der Waals surface area contributed by atoms with Crippen LogP contribution in [0.4, 0.5) is 5.69 Å². The summed E-state index contributed by atoms with van der Waals surface area (Å²) in [5.41, 5.74) is 2.70. The fraction of sp³-hybridized carbons (Fsp3) is 0.0833. The number of rotatable bonds is 6. The average molecular weight is 395 g/mol. The number of aromatic nitrogens is 1. The molecule has 1 atom stereocenters. The Morgan fingerprint density at radius 2 is 1.67 bits per heavy atom. The summed E-state index contributed by atoms with van der Waals surface area (Å²) >= 11 is 0. The Bertz CT molecular complexity index is 1270. The van der Waals surface area contributed by atoms with Crippen molar-refractivity contribution < 1.29 is 9.72 Å². The number of benzene rings is 3. The third-order valence-electron chi connectivity index (χ3n) is 5.16. The number of fused-ring (bicyclic) bond motifs is 1. The van der Waals surface area contributed by atoms with E-state index >= 15 is 0 Å². The number of nitrogens with zero attached hydrogens (tertiary/aromatic N) is 3. The molecule has 0 aliphatic carbocycles. The highest BCUT2D eigenvalue weighted by atomic mass is 16.6. The fourth-order valence-electron chi connectivity index (χ4n) is 3.66. The van der Waals surface area contributed by atoms with Crippen LogP contribution < -0.4 is 0 Å². The number of Topliss-reactive ketones (excluding diaryl/α,β-unsaturated/α-hetero) is 1. The second-order valence-electron chi connectivity index (χ2n) is 6.94. The molecule has 6 heteroatoms. The summed E-state index contributed by atoms with van der Waals surface area (Å²) in [6.07, 6.45) is 1.90. The number of carbonyl (C=O) groups excluding carboxylic acids is 1. The maximum absolute atomic E-state index is 13.0. The molecule has 4 aromatic rings. The fourth-order valence-corrected chi connectivity index (χ4v) is 3.66. The molecule has 0 saturated carbocycles. The minimum absolute atomic E-state index is 0.0121. The van der Waals surface area contributed by atoms with Crippen LogP contribution in [0.15, 0.2) is 85.1 Å². The van der Waals surface area contributed by atoms with Gasteiger partial charge in [0.1, 0.15) is 6.07 Å². The molecular weight excluding hydrogens is 378 g/mol. The number of hydrogen-bond acceptors (Lipinski definition) is 4. The van der Waals surface area contributed by atoms with E-state index in [1.165, 1.54) is 12.1 Å². The topological polar surface area (TPSA) is 88.9 Å². The number of hydrogen-bond donors (Lipinski definition) is 0. The molecule has 0 radical (unpaired) electrons. The maximum Gasteiger partial charge on any atom is 0.269 e. The first-order valence-electron chi connectivity index (χ1n) is 9.41. The summed E-state index contributed by atoms with van der Waals surface area (Å²) in [4.78, 5) is 23.6. The van der Waals surface area contributed by atoms with Gasteiger partial charge in [0.15, 0.2) is 5.78 Å². The highest BCUT2D eigenvalue weighted by Crippen LogP contribution is 2.32. The van der Waals surface area contributed by atoms with Gasteiger partial charge in [0.25, 0.3) is 5.69 Å². The van der Waals surface area contributed by atoms with Crippen molar-refractivity contribution in [3.8, 4) is 6.07 Å². The van der Waals surface area contributed by atoms with Crippen LogP contribution in [0.2, 0.25) is 0 Å². The van der Waals surface area contributed by atoms with Crippen molar-refractivity contribution in [1.29, 1.82) is 5.26 Å². The summed E-state index contributed by atoms with van der Waals surface area (Å²) in [6, 6.07) is 24.5. The van der Waals surface area contributed by atoms with Crippen LogP contribution in [-0.2, 0) is 0 Å². The monoisotopic (exact) mass is 395 g/mol. The zero-order chi connectivity index (χ0) is 21.1. The average Bonchev–Trinajstić information content (AvgIpc) is 3.16. The molecule has 30 heavy (non-hydrogen) atoms. The van der Waals surface area contributed by atoms with Gasteiger partial charge in [0, 0.05) is 41.2 Å². The lowest BCUT2D eigenvalue weighted by molar-refractivity contribution is -0.384. The second kappa shape index (κ2) is 8.02. The number of non-ortho nitro benzene ring substituents is 1. The van der Waals surface area contributed by atoms with Crippen molar-refractivity contribution in [1.82, 2.24) is 4.57 Å². The van der Waals surface area contributed by atoms with Gasteiger partial charge in [0.2, 0.25) is 0 Å². The summed E-state index contributed by atoms with van der Waals surface area (Å²) in [7, 11) is 0. The minimum Gasteiger partial charge on any atom is -0.338 e. The molecule has 0 bridgehead atoms. The summed E-state index contributed by atoms with van der Waals surface area (Å²) in [5, 5.41) is 21.4. The van der Waals surface area contributed by atoms with Crippen LogP contribution in [0.5, 0.6) is 0 Å². The Hall–Kier alpha value is -4.24. The predicted octanol–water partition coefficient (Wildman–Crippen LogP) is 5.28. The summed E-state index contributed by atoms with van der Waals surface area (Å²) in [6.45, 7) is 0. The zero-order valence-electron chi connectivity index (χ0n) is 15.9. The van der Waals surface area contributed by atoms with E-state index in [9.17, 15) is 20.2 Å². The molecule has 0 aliphatic rings. The molecule has 1 unspecified atom stereocenters. The predicted molar refractivity (Wildman–Crippen MR) is 113 cm³/mol. The smallest absolute Gasteiger partial charge is 0.269 e. The third kappa shape index (κ3) is 3.56. The van der Waals surface area contributed by atoms with Crippen LogP contribution in [0.1, 0.15) is 33.9 Å². The molecule has 3 aromatic carbocycles. The minimum atomic E-state index is -0.452. The highest BCUT2D eigenvalue weighted by molar-refractivity contribution is 5.96. The van der Waals surface area contributed by atoms with Gasteiger partial charge in [-0.25, -0.2) is 0 Å². The molecule has 1 aromatic heterocycles. The van der Waals surface area contributed by atoms with Crippen LogP contribution >= 0.6 is 0 Å². The standard InChI is InChI=1S/C24H17N3O3/c25-15-19-16-26(22-9-5-4-8-21(19)22)23(14-24(28)18-6-2-1-3-7-18)17-10-12-20(13-11-17)27(29)30/h1-13,16,23H,14H2. The molecule has 0 N–H and O–H groups in total. The lowest BCUT2D eigenvalue weighted by Gasteiger charge is -2.20. The van der Waals surface area contributed by atoms with Crippen LogP contribution in [0, 0.1) is 21.4 Å².